The van der Waals surface area contributed by atoms with Gasteiger partial charge in [-0.1, -0.05) is 165 Å². The molecule has 7 heterocycles. The molecule has 10 aromatic rings. The first-order chi connectivity index (χ1) is 40.6. The van der Waals surface area contributed by atoms with Crippen molar-refractivity contribution >= 4 is 55.7 Å². The van der Waals surface area contributed by atoms with Crippen molar-refractivity contribution in [1.82, 2.24) is 49.5 Å². The molecular formula is C71H95ClN12OS. The maximum Gasteiger partial charge on any atom is 0.250 e. The van der Waals surface area contributed by atoms with Crippen molar-refractivity contribution in [2.24, 2.45) is 14.1 Å². The second-order valence-electron chi connectivity index (χ2n) is 23.5. The number of aromatic nitrogens is 10. The van der Waals surface area contributed by atoms with Crippen LogP contribution in [0.4, 0.5) is 11.6 Å². The van der Waals surface area contributed by atoms with Crippen LogP contribution in [-0.2, 0) is 14.1 Å². The van der Waals surface area contributed by atoms with Crippen LogP contribution in [0.3, 0.4) is 0 Å². The molecule has 0 spiro atoms. The molecule has 0 saturated heterocycles. The Bertz CT molecular complexity index is 3490. The second-order valence-corrected chi connectivity index (χ2v) is 25.1. The first-order valence-electron chi connectivity index (χ1n) is 29.6. The van der Waals surface area contributed by atoms with Gasteiger partial charge in [-0.05, 0) is 154 Å². The Hall–Kier alpha value is -7.86. The number of thiazole rings is 1. The molecule has 0 aliphatic carbocycles. The van der Waals surface area contributed by atoms with E-state index in [1.165, 1.54) is 49.0 Å². The molecule has 0 radical (unpaired) electrons. The fourth-order valence-corrected chi connectivity index (χ4v) is 8.82. The van der Waals surface area contributed by atoms with E-state index in [4.69, 9.17) is 23.9 Å². The third-order valence-corrected chi connectivity index (χ3v) is 14.6. The minimum absolute atomic E-state index is 0.0504. The number of aromatic amines is 1. The van der Waals surface area contributed by atoms with Crippen molar-refractivity contribution in [3.05, 3.63) is 229 Å². The maximum atomic E-state index is 11.0. The lowest BCUT2D eigenvalue weighted by molar-refractivity contribution is 0.780. The number of fused-ring (bicyclic) bond motifs is 2. The third-order valence-electron chi connectivity index (χ3n) is 13.5. The molecule has 0 aliphatic rings. The monoisotopic (exact) mass is 1200 g/mol. The number of hydrogen-bond donors (Lipinski definition) is 2. The zero-order valence-corrected chi connectivity index (χ0v) is 56.3. The van der Waals surface area contributed by atoms with Gasteiger partial charge in [0, 0.05) is 74.6 Å². The summed E-state index contributed by atoms with van der Waals surface area (Å²) in [6, 6.07) is 32.3. The van der Waals surface area contributed by atoms with E-state index in [-0.39, 0.29) is 5.56 Å². The number of rotatable bonds is 8. The molecule has 0 saturated carbocycles. The molecule has 0 atom stereocenters. The summed E-state index contributed by atoms with van der Waals surface area (Å²) in [6.07, 6.45) is 14.8. The molecule has 10 rings (SSSR count). The molecular weight excluding hydrogens is 1100 g/mol. The van der Waals surface area contributed by atoms with E-state index in [0.29, 0.717) is 58.4 Å². The summed E-state index contributed by atoms with van der Waals surface area (Å²) in [7, 11) is 3.73. The fraction of sp³-hybridized carbons (Fsp3) is 0.394. The Kier molecular flexibility index (Phi) is 31.0. The quantitative estimate of drug-likeness (QED) is 0.111. The largest absolute Gasteiger partial charge is 0.368 e. The number of nitrogens with two attached hydrogens (primary N) is 1. The van der Waals surface area contributed by atoms with Crippen LogP contribution in [0.15, 0.2) is 151 Å². The van der Waals surface area contributed by atoms with E-state index < -0.39 is 0 Å². The Labute approximate surface area is 522 Å². The van der Waals surface area contributed by atoms with E-state index in [1.54, 1.807) is 47.6 Å². The molecule has 0 amide bonds. The van der Waals surface area contributed by atoms with E-state index >= 15 is 0 Å². The van der Waals surface area contributed by atoms with Crippen LogP contribution >= 0.6 is 22.9 Å². The summed E-state index contributed by atoms with van der Waals surface area (Å²) in [5, 5.41) is 13.9. The molecule has 15 heteroatoms. The lowest BCUT2D eigenvalue weighted by Crippen LogP contribution is -2.15. The summed E-state index contributed by atoms with van der Waals surface area (Å²) >= 11 is 7.45. The Morgan fingerprint density at radius 3 is 1.48 bits per heavy atom. The van der Waals surface area contributed by atoms with Gasteiger partial charge in [-0.25, -0.2) is 24.8 Å². The van der Waals surface area contributed by atoms with Crippen LogP contribution in [0, 0.1) is 20.4 Å². The van der Waals surface area contributed by atoms with Gasteiger partial charge in [-0.3, -0.25) is 19.6 Å². The molecule has 0 unspecified atom stereocenters. The molecule has 7 aromatic heterocycles. The van der Waals surface area contributed by atoms with E-state index in [2.05, 4.69) is 217 Å². The zero-order valence-electron chi connectivity index (χ0n) is 54.7. The molecule has 86 heavy (non-hydrogen) atoms. The van der Waals surface area contributed by atoms with Crippen molar-refractivity contribution in [2.45, 2.75) is 172 Å². The van der Waals surface area contributed by atoms with Crippen molar-refractivity contribution in [3.63, 3.8) is 0 Å². The molecule has 0 aliphatic heterocycles. The number of nitrogens with zero attached hydrogens (tertiary/aromatic N) is 10. The number of aryl methyl sites for hydroxylation is 4. The van der Waals surface area contributed by atoms with Crippen molar-refractivity contribution in [3.8, 4) is 0 Å². The normalized spacial score (nSPS) is 10.6. The topological polar surface area (TPSA) is 163 Å². The van der Waals surface area contributed by atoms with Crippen LogP contribution in [0.5, 0.6) is 0 Å². The summed E-state index contributed by atoms with van der Waals surface area (Å²) in [5.74, 6) is 4.77. The molecule has 0 bridgehead atoms. The highest BCUT2D eigenvalue weighted by Gasteiger charge is 2.06. The highest BCUT2D eigenvalue weighted by Crippen LogP contribution is 2.26. The Balaban J connectivity index is 0.000000258. The van der Waals surface area contributed by atoms with Gasteiger partial charge in [0.1, 0.15) is 5.15 Å². The first-order valence-corrected chi connectivity index (χ1v) is 30.8. The minimum Gasteiger partial charge on any atom is -0.368 e. The molecule has 458 valence electrons. The average Bonchev–Trinajstić information content (AvgIpc) is 4.01. The molecule has 13 nitrogen and oxygen atoms in total. The van der Waals surface area contributed by atoms with Gasteiger partial charge < -0.3 is 10.3 Å². The highest BCUT2D eigenvalue weighted by atomic mass is 35.5. The van der Waals surface area contributed by atoms with Gasteiger partial charge in [-0.15, -0.1) is 11.3 Å². The number of halogens is 1. The van der Waals surface area contributed by atoms with E-state index in [1.807, 2.05) is 85.9 Å². The van der Waals surface area contributed by atoms with Gasteiger partial charge >= 0.3 is 0 Å². The van der Waals surface area contributed by atoms with Crippen molar-refractivity contribution in [1.29, 1.82) is 0 Å². The standard InChI is InChI=1S/C11H14N2.C11H13NS.C10H11N.C9H13NO.C9H13N.C8H10ClN.C7H11N3.C6H10N2/c1-8(2)9-4-5-11-10(6-9)7-13(3)12-11;1-7(2)9-4-5-10-11(6-9)13-8(3)12-10;1-8(2)9-4-6-10(11-3)7-5-9;1-7(2)8-4-5-9(11)10(3)6-8;1-7(2)9-4-5-10-8(3)6-9;1-6(2)7-3-4-10-8(9)5-7;1-5(2)6-3-9-7(8)10-4-6;1-5(2)6-3-7-8-4-6/h4-8H,1-3H3;4-7H,1-3H3;4-8H,1-2H3;4-7H,1-3H3;4-7H,1-3H3;3-6H,1-2H3;3-5H,1-2H3,(H2,8,9,10);3-5H,1-2H3,(H,7,8). The van der Waals surface area contributed by atoms with Gasteiger partial charge in [0.25, 0.3) is 0 Å². The Morgan fingerprint density at radius 1 is 0.535 bits per heavy atom. The number of nitrogen functional groups attached to an aromatic ring is 1. The summed E-state index contributed by atoms with van der Waals surface area (Å²) in [5.41, 5.74) is 19.6. The average molecular weight is 1200 g/mol. The predicted octanol–water partition coefficient (Wildman–Crippen LogP) is 19.4. The van der Waals surface area contributed by atoms with Gasteiger partial charge in [0.05, 0.1) is 33.5 Å². The number of H-pyrrole nitrogens is 1. The summed E-state index contributed by atoms with van der Waals surface area (Å²) in [4.78, 5) is 34.5. The molecule has 0 fully saturated rings. The fourth-order valence-electron chi connectivity index (χ4n) is 7.76. The van der Waals surface area contributed by atoms with E-state index in [0.717, 1.165) is 33.0 Å². The lowest BCUT2D eigenvalue weighted by Gasteiger charge is -2.05. The minimum atomic E-state index is 0.0504. The third kappa shape index (κ3) is 26.2. The number of pyridine rings is 3. The zero-order chi connectivity index (χ0) is 64.2. The maximum absolute atomic E-state index is 11.0. The predicted molar refractivity (Wildman–Crippen MR) is 365 cm³/mol. The number of nitrogens with one attached hydrogen (secondary N) is 1. The van der Waals surface area contributed by atoms with Gasteiger partial charge in [-0.2, -0.15) is 10.2 Å². The highest BCUT2D eigenvalue weighted by molar-refractivity contribution is 7.18. The van der Waals surface area contributed by atoms with Crippen molar-refractivity contribution < 1.29 is 0 Å². The Morgan fingerprint density at radius 2 is 1.02 bits per heavy atom. The van der Waals surface area contributed by atoms with Crippen LogP contribution in [0.25, 0.3) is 26.0 Å². The van der Waals surface area contributed by atoms with Crippen LogP contribution in [0.2, 0.25) is 5.15 Å². The lowest BCUT2D eigenvalue weighted by atomic mass is 10.0. The van der Waals surface area contributed by atoms with E-state index in [9.17, 15) is 4.79 Å². The van der Waals surface area contributed by atoms with Gasteiger partial charge in [0.15, 0.2) is 5.69 Å². The smallest absolute Gasteiger partial charge is 0.250 e. The van der Waals surface area contributed by atoms with Crippen LogP contribution in [0.1, 0.15) is 213 Å². The molecule has 3 aromatic carbocycles. The van der Waals surface area contributed by atoms with Crippen molar-refractivity contribution in [2.75, 3.05) is 5.73 Å². The summed E-state index contributed by atoms with van der Waals surface area (Å²) < 4.78 is 4.77. The number of anilines is 1. The van der Waals surface area contributed by atoms with Crippen LogP contribution in [-0.4, -0.2) is 49.5 Å². The first kappa shape index (κ1) is 72.4. The summed E-state index contributed by atoms with van der Waals surface area (Å²) in [6.45, 7) is 45.3. The van der Waals surface area contributed by atoms with Gasteiger partial charge in [0.2, 0.25) is 11.5 Å². The molecule has 3 N–H and O–H groups in total. The second kappa shape index (κ2) is 36.9. The van der Waals surface area contributed by atoms with Crippen LogP contribution < -0.4 is 11.3 Å². The SMILES string of the molecule is CC(C)c1ccc(=O)n(C)c1.CC(C)c1ccc2nn(C)cc2c1.CC(C)c1ccnc(Cl)c1.CC(C)c1cn[nH]c1.CC(C)c1cnc(N)nc1.Cc1cc(C(C)C)ccn1.Cc1nc2ccc(C(C)C)cc2s1.[C-]#[N+]c1ccc(C(C)C)cc1. The number of benzene rings is 3. The number of hydrogen-bond acceptors (Lipinski definition) is 10.